The van der Waals surface area contributed by atoms with Crippen molar-refractivity contribution >= 4 is 27.7 Å². The number of benzene rings is 2. The van der Waals surface area contributed by atoms with Gasteiger partial charge in [0.1, 0.15) is 12.4 Å². The predicted octanol–water partition coefficient (Wildman–Crippen LogP) is 3.07. The number of amides is 2. The molecule has 0 atom stereocenters. The lowest BCUT2D eigenvalue weighted by Gasteiger charge is -2.19. The molecular weight excluding hydrogens is 434 g/mol. The van der Waals surface area contributed by atoms with E-state index in [9.17, 15) is 23.1 Å². The largest absolute Gasteiger partial charge is 0.506 e. The highest BCUT2D eigenvalue weighted by molar-refractivity contribution is 7.89. The van der Waals surface area contributed by atoms with Crippen molar-refractivity contribution in [3.8, 4) is 5.75 Å². The molecule has 2 aromatic rings. The van der Waals surface area contributed by atoms with E-state index in [2.05, 4.69) is 10.6 Å². The maximum atomic E-state index is 12.6. The molecule has 0 unspecified atom stereocenters. The zero-order valence-electron chi connectivity index (χ0n) is 18.2. The summed E-state index contributed by atoms with van der Waals surface area (Å²) >= 11 is 0. The van der Waals surface area contributed by atoms with Crippen LogP contribution >= 0.6 is 0 Å². The molecule has 0 radical (unpaired) electrons. The highest BCUT2D eigenvalue weighted by Crippen LogP contribution is 2.28. The monoisotopic (exact) mass is 463 g/mol. The van der Waals surface area contributed by atoms with Crippen molar-refractivity contribution in [2.24, 2.45) is 0 Å². The summed E-state index contributed by atoms with van der Waals surface area (Å²) in [6.07, 6.45) is -0.184. The Balaban J connectivity index is 1.82. The second-order valence-electron chi connectivity index (χ2n) is 6.91. The van der Waals surface area contributed by atoms with Gasteiger partial charge in [0.25, 0.3) is 0 Å². The minimum atomic E-state index is -3.72. The van der Waals surface area contributed by atoms with E-state index in [1.807, 2.05) is 30.3 Å². The smallest absolute Gasteiger partial charge is 0.407 e. The van der Waals surface area contributed by atoms with Crippen molar-refractivity contribution in [2.45, 2.75) is 38.2 Å². The molecular formula is C22H29N3O6S. The van der Waals surface area contributed by atoms with Crippen LogP contribution in [0.1, 0.15) is 32.3 Å². The molecule has 0 aliphatic rings. The molecule has 0 heterocycles. The average Bonchev–Trinajstić information content (AvgIpc) is 2.78. The number of hydrogen-bond donors (Lipinski definition) is 3. The molecule has 2 rings (SSSR count). The van der Waals surface area contributed by atoms with Gasteiger partial charge >= 0.3 is 6.09 Å². The Morgan fingerprint density at radius 3 is 2.41 bits per heavy atom. The number of carbonyl (C=O) groups is 2. The van der Waals surface area contributed by atoms with Crippen LogP contribution in [0.5, 0.6) is 5.75 Å². The highest BCUT2D eigenvalue weighted by Gasteiger charge is 2.23. The molecule has 0 saturated carbocycles. The van der Waals surface area contributed by atoms with Crippen LogP contribution in [0.4, 0.5) is 10.5 Å². The fraction of sp³-hybridized carbons (Fsp3) is 0.364. The first-order valence-corrected chi connectivity index (χ1v) is 11.8. The van der Waals surface area contributed by atoms with Crippen LogP contribution in [0, 0.1) is 0 Å². The quantitative estimate of drug-likeness (QED) is 0.347. The second kappa shape index (κ2) is 12.1. The molecule has 0 saturated heterocycles. The Bertz CT molecular complexity index is 1010. The number of phenols is 1. The number of anilines is 1. The summed E-state index contributed by atoms with van der Waals surface area (Å²) in [6.45, 7) is 4.46. The summed E-state index contributed by atoms with van der Waals surface area (Å²) in [5.41, 5.74) is 0.880. The van der Waals surface area contributed by atoms with Crippen LogP contribution in [0.15, 0.2) is 53.4 Å². The lowest BCUT2D eigenvalue weighted by atomic mass is 10.2. The van der Waals surface area contributed by atoms with Gasteiger partial charge in [0.15, 0.2) is 0 Å². The van der Waals surface area contributed by atoms with E-state index < -0.39 is 22.0 Å². The van der Waals surface area contributed by atoms with Gasteiger partial charge in [0.05, 0.1) is 10.6 Å². The number of hydrogen-bond acceptors (Lipinski definition) is 6. The zero-order chi connectivity index (χ0) is 23.6. The standard InChI is InChI=1S/C22H29N3O6S/c1-3-25(4-2)32(29,30)18-12-13-20(26)19(15-18)24-21(27)11-8-14-23-22(28)31-16-17-9-6-5-7-10-17/h5-7,9-10,12-13,15,26H,3-4,8,11,14,16H2,1-2H3,(H,23,28)(H,24,27). The molecule has 0 aliphatic heterocycles. The van der Waals surface area contributed by atoms with E-state index in [-0.39, 0.29) is 35.9 Å². The number of carbonyl (C=O) groups excluding carboxylic acids is 2. The van der Waals surface area contributed by atoms with Crippen molar-refractivity contribution in [1.29, 1.82) is 0 Å². The van der Waals surface area contributed by atoms with Crippen LogP contribution in [-0.4, -0.2) is 49.5 Å². The zero-order valence-corrected chi connectivity index (χ0v) is 19.0. The number of nitrogens with zero attached hydrogens (tertiary/aromatic N) is 1. The molecule has 2 aromatic carbocycles. The van der Waals surface area contributed by atoms with E-state index >= 15 is 0 Å². The fourth-order valence-corrected chi connectivity index (χ4v) is 4.40. The maximum absolute atomic E-state index is 12.6. The minimum Gasteiger partial charge on any atom is -0.506 e. The SMILES string of the molecule is CCN(CC)S(=O)(=O)c1ccc(O)c(NC(=O)CCCNC(=O)OCc2ccccc2)c1. The normalized spacial score (nSPS) is 11.2. The lowest BCUT2D eigenvalue weighted by molar-refractivity contribution is -0.116. The number of alkyl carbamates (subject to hydrolysis) is 1. The van der Waals surface area contributed by atoms with Crippen LogP contribution < -0.4 is 10.6 Å². The molecule has 9 nitrogen and oxygen atoms in total. The Morgan fingerprint density at radius 2 is 1.75 bits per heavy atom. The molecule has 0 bridgehead atoms. The van der Waals surface area contributed by atoms with Gasteiger partial charge in [-0.3, -0.25) is 4.79 Å². The number of nitrogens with one attached hydrogen (secondary N) is 2. The summed E-state index contributed by atoms with van der Waals surface area (Å²) in [7, 11) is -3.72. The van der Waals surface area contributed by atoms with E-state index in [1.54, 1.807) is 13.8 Å². The number of phenolic OH excluding ortho intramolecular Hbond substituents is 1. The molecule has 32 heavy (non-hydrogen) atoms. The van der Waals surface area contributed by atoms with Crippen molar-refractivity contribution in [3.63, 3.8) is 0 Å². The predicted molar refractivity (Wildman–Crippen MR) is 121 cm³/mol. The van der Waals surface area contributed by atoms with Gasteiger partial charge in [-0.2, -0.15) is 4.31 Å². The maximum Gasteiger partial charge on any atom is 0.407 e. The van der Waals surface area contributed by atoms with Crippen molar-refractivity contribution in [2.75, 3.05) is 25.0 Å². The van der Waals surface area contributed by atoms with Crippen LogP contribution in [0.3, 0.4) is 0 Å². The molecule has 0 fully saturated rings. The summed E-state index contributed by atoms with van der Waals surface area (Å²) in [6, 6.07) is 13.0. The minimum absolute atomic E-state index is 0.0125. The number of sulfonamides is 1. The van der Waals surface area contributed by atoms with Gasteiger partial charge in [-0.05, 0) is 30.2 Å². The van der Waals surface area contributed by atoms with Gasteiger partial charge in [-0.25, -0.2) is 13.2 Å². The molecule has 0 aromatic heterocycles. The first-order chi connectivity index (χ1) is 15.3. The summed E-state index contributed by atoms with van der Waals surface area (Å²) < 4.78 is 31.7. The number of aromatic hydroxyl groups is 1. The van der Waals surface area contributed by atoms with E-state index in [0.717, 1.165) is 5.56 Å². The van der Waals surface area contributed by atoms with Crippen LogP contribution in [0.2, 0.25) is 0 Å². The fourth-order valence-electron chi connectivity index (χ4n) is 2.91. The van der Waals surface area contributed by atoms with Gasteiger partial charge in [0.2, 0.25) is 15.9 Å². The summed E-state index contributed by atoms with van der Waals surface area (Å²) in [5, 5.41) is 15.1. The van der Waals surface area contributed by atoms with E-state index in [1.165, 1.54) is 22.5 Å². The third-order valence-electron chi connectivity index (χ3n) is 4.65. The van der Waals surface area contributed by atoms with Gasteiger partial charge in [0, 0.05) is 26.1 Å². The van der Waals surface area contributed by atoms with E-state index in [4.69, 9.17) is 4.74 Å². The molecule has 0 aliphatic carbocycles. The lowest BCUT2D eigenvalue weighted by Crippen LogP contribution is -2.30. The van der Waals surface area contributed by atoms with Crippen LogP contribution in [0.25, 0.3) is 0 Å². The second-order valence-corrected chi connectivity index (χ2v) is 8.85. The summed E-state index contributed by atoms with van der Waals surface area (Å²) in [5.74, 6) is -0.656. The first kappa shape index (κ1) is 25.2. The average molecular weight is 464 g/mol. The number of rotatable bonds is 11. The van der Waals surface area contributed by atoms with Crippen LogP contribution in [-0.2, 0) is 26.2 Å². The van der Waals surface area contributed by atoms with Crippen molar-refractivity contribution in [1.82, 2.24) is 9.62 Å². The molecule has 174 valence electrons. The summed E-state index contributed by atoms with van der Waals surface area (Å²) in [4.78, 5) is 23.9. The number of ether oxygens (including phenoxy) is 1. The first-order valence-electron chi connectivity index (χ1n) is 10.4. The van der Waals surface area contributed by atoms with Crippen molar-refractivity contribution in [3.05, 3.63) is 54.1 Å². The topological polar surface area (TPSA) is 125 Å². The Morgan fingerprint density at radius 1 is 1.06 bits per heavy atom. The molecule has 0 spiro atoms. The molecule has 10 heteroatoms. The van der Waals surface area contributed by atoms with Crippen molar-refractivity contribution < 1.29 is 27.9 Å². The molecule has 3 N–H and O–H groups in total. The Hall–Kier alpha value is -3.11. The molecule has 2 amide bonds. The highest BCUT2D eigenvalue weighted by atomic mass is 32.2. The Kier molecular flexibility index (Phi) is 9.48. The van der Waals surface area contributed by atoms with E-state index in [0.29, 0.717) is 19.5 Å². The Labute approximate surface area is 188 Å². The van der Waals surface area contributed by atoms with Gasteiger partial charge < -0.3 is 20.5 Å². The van der Waals surface area contributed by atoms with Gasteiger partial charge in [-0.15, -0.1) is 0 Å². The third kappa shape index (κ3) is 7.24. The van der Waals surface area contributed by atoms with Gasteiger partial charge in [-0.1, -0.05) is 44.2 Å². The third-order valence-corrected chi connectivity index (χ3v) is 6.69.